The quantitative estimate of drug-likeness (QED) is 0.697. The van der Waals surface area contributed by atoms with Gasteiger partial charge in [-0.2, -0.15) is 0 Å². The van der Waals surface area contributed by atoms with Gasteiger partial charge in [0, 0.05) is 31.2 Å². The summed E-state index contributed by atoms with van der Waals surface area (Å²) in [5.41, 5.74) is 3.99. The lowest BCUT2D eigenvalue weighted by Gasteiger charge is -2.26. The number of nitrogens with zero attached hydrogens (tertiary/aromatic N) is 2. The molecule has 0 bridgehead atoms. The first kappa shape index (κ1) is 21.6. The Kier molecular flexibility index (Phi) is 6.05. The minimum absolute atomic E-state index is 0.164. The van der Waals surface area contributed by atoms with E-state index in [1.165, 1.54) is 24.8 Å². The SMILES string of the molecule is O=C(C1CC1)N1CCc2cc(S(=O)(=O)NCc3cccc(CN4CCCCC4)c3)ccc21. The van der Waals surface area contributed by atoms with Crippen molar-refractivity contribution in [1.29, 1.82) is 0 Å². The van der Waals surface area contributed by atoms with E-state index in [-0.39, 0.29) is 23.3 Å². The van der Waals surface area contributed by atoms with Gasteiger partial charge < -0.3 is 4.90 Å². The topological polar surface area (TPSA) is 69.7 Å². The van der Waals surface area contributed by atoms with Gasteiger partial charge in [-0.3, -0.25) is 9.69 Å². The van der Waals surface area contributed by atoms with E-state index in [0.29, 0.717) is 13.0 Å². The van der Waals surface area contributed by atoms with Crippen molar-refractivity contribution in [2.75, 3.05) is 24.5 Å². The zero-order chi connectivity index (χ0) is 22.1. The van der Waals surface area contributed by atoms with E-state index in [1.807, 2.05) is 17.0 Å². The molecule has 170 valence electrons. The molecule has 0 radical (unpaired) electrons. The van der Waals surface area contributed by atoms with Gasteiger partial charge in [0.05, 0.1) is 4.90 Å². The molecule has 0 atom stereocenters. The molecule has 1 amide bonds. The third kappa shape index (κ3) is 4.75. The Balaban J connectivity index is 1.24. The predicted octanol–water partition coefficient (Wildman–Crippen LogP) is 3.45. The Morgan fingerprint density at radius 3 is 2.53 bits per heavy atom. The van der Waals surface area contributed by atoms with Crippen LogP contribution in [0.25, 0.3) is 0 Å². The molecule has 2 heterocycles. The number of amides is 1. The van der Waals surface area contributed by atoms with E-state index >= 15 is 0 Å². The van der Waals surface area contributed by atoms with E-state index in [2.05, 4.69) is 21.8 Å². The smallest absolute Gasteiger partial charge is 0.240 e. The van der Waals surface area contributed by atoms with Crippen LogP contribution in [0.4, 0.5) is 5.69 Å². The number of carbonyl (C=O) groups excluding carboxylic acids is 1. The van der Waals surface area contributed by atoms with Gasteiger partial charge in [-0.1, -0.05) is 30.7 Å². The summed E-state index contributed by atoms with van der Waals surface area (Å²) < 4.78 is 28.6. The summed E-state index contributed by atoms with van der Waals surface area (Å²) in [6, 6.07) is 13.3. The number of hydrogen-bond donors (Lipinski definition) is 1. The average molecular weight is 454 g/mol. The van der Waals surface area contributed by atoms with Gasteiger partial charge >= 0.3 is 0 Å². The van der Waals surface area contributed by atoms with E-state index in [0.717, 1.165) is 49.3 Å². The maximum absolute atomic E-state index is 12.9. The van der Waals surface area contributed by atoms with Crippen molar-refractivity contribution in [3.63, 3.8) is 0 Å². The molecule has 2 aromatic rings. The van der Waals surface area contributed by atoms with Crippen molar-refractivity contribution in [3.05, 3.63) is 59.2 Å². The fraction of sp³-hybridized carbons (Fsp3) is 0.480. The Bertz CT molecular complexity index is 1110. The molecule has 3 aliphatic rings. The van der Waals surface area contributed by atoms with Crippen LogP contribution in [0, 0.1) is 5.92 Å². The first-order valence-corrected chi connectivity index (χ1v) is 13.2. The second kappa shape index (κ2) is 8.96. The summed E-state index contributed by atoms with van der Waals surface area (Å²) >= 11 is 0. The Morgan fingerprint density at radius 1 is 0.969 bits per heavy atom. The number of carbonyl (C=O) groups is 1. The fourth-order valence-corrected chi connectivity index (χ4v) is 5.87. The molecule has 2 fully saturated rings. The molecule has 2 aromatic carbocycles. The third-order valence-electron chi connectivity index (χ3n) is 6.76. The molecule has 5 rings (SSSR count). The number of piperidine rings is 1. The molecule has 1 saturated heterocycles. The zero-order valence-corrected chi connectivity index (χ0v) is 19.2. The van der Waals surface area contributed by atoms with Crippen molar-refractivity contribution in [2.24, 2.45) is 5.92 Å². The van der Waals surface area contributed by atoms with Crippen LogP contribution in [0.2, 0.25) is 0 Å². The van der Waals surface area contributed by atoms with Gasteiger partial charge in [-0.05, 0) is 80.1 Å². The molecule has 1 saturated carbocycles. The van der Waals surface area contributed by atoms with Crippen LogP contribution in [-0.4, -0.2) is 38.9 Å². The number of benzene rings is 2. The fourth-order valence-electron chi connectivity index (χ4n) is 4.80. The Labute approximate surface area is 190 Å². The van der Waals surface area contributed by atoms with Crippen molar-refractivity contribution in [1.82, 2.24) is 9.62 Å². The molecule has 1 aliphatic carbocycles. The number of rotatable bonds is 7. The summed E-state index contributed by atoms with van der Waals surface area (Å²) in [5.74, 6) is 0.346. The summed E-state index contributed by atoms with van der Waals surface area (Å²) in [4.78, 5) is 17.0. The third-order valence-corrected chi connectivity index (χ3v) is 8.16. The lowest BCUT2D eigenvalue weighted by atomic mass is 10.1. The second-order valence-corrected chi connectivity index (χ2v) is 11.1. The van der Waals surface area contributed by atoms with E-state index < -0.39 is 10.0 Å². The lowest BCUT2D eigenvalue weighted by Crippen LogP contribution is -2.30. The van der Waals surface area contributed by atoms with E-state index in [9.17, 15) is 13.2 Å². The molecule has 1 N–H and O–H groups in total. The summed E-state index contributed by atoms with van der Waals surface area (Å²) in [5, 5.41) is 0. The highest BCUT2D eigenvalue weighted by molar-refractivity contribution is 7.89. The normalized spacial score (nSPS) is 19.2. The number of fused-ring (bicyclic) bond motifs is 1. The standard InChI is InChI=1S/C25H31N3O3S/c29-25(21-7-8-21)28-14-11-22-16-23(9-10-24(22)28)32(30,31)26-17-19-5-4-6-20(15-19)18-27-12-2-1-3-13-27/h4-6,9-10,15-16,21,26H,1-3,7-8,11-14,17-18H2. The van der Waals surface area contributed by atoms with Crippen molar-refractivity contribution >= 4 is 21.6 Å². The van der Waals surface area contributed by atoms with Gasteiger partial charge in [0.2, 0.25) is 15.9 Å². The second-order valence-electron chi connectivity index (χ2n) is 9.29. The molecule has 0 unspecified atom stereocenters. The molecule has 6 nitrogen and oxygen atoms in total. The average Bonchev–Trinajstić information content (AvgIpc) is 3.57. The number of nitrogens with one attached hydrogen (secondary N) is 1. The Morgan fingerprint density at radius 2 is 1.75 bits per heavy atom. The van der Waals surface area contributed by atoms with Crippen LogP contribution in [0.15, 0.2) is 47.4 Å². The first-order chi connectivity index (χ1) is 15.5. The van der Waals surface area contributed by atoms with Crippen LogP contribution in [-0.2, 0) is 34.3 Å². The van der Waals surface area contributed by atoms with Crippen LogP contribution < -0.4 is 9.62 Å². The monoisotopic (exact) mass is 453 g/mol. The number of sulfonamides is 1. The van der Waals surface area contributed by atoms with Gasteiger partial charge in [0.1, 0.15) is 0 Å². The van der Waals surface area contributed by atoms with E-state index in [1.54, 1.807) is 18.2 Å². The minimum atomic E-state index is -3.63. The van der Waals surface area contributed by atoms with Crippen LogP contribution >= 0.6 is 0 Å². The number of anilines is 1. The molecule has 0 aromatic heterocycles. The minimum Gasteiger partial charge on any atom is -0.312 e. The predicted molar refractivity (Wildman–Crippen MR) is 125 cm³/mol. The lowest BCUT2D eigenvalue weighted by molar-refractivity contribution is -0.119. The molecule has 0 spiro atoms. The first-order valence-electron chi connectivity index (χ1n) is 11.7. The molecule has 32 heavy (non-hydrogen) atoms. The van der Waals surface area contributed by atoms with Crippen LogP contribution in [0.5, 0.6) is 0 Å². The maximum Gasteiger partial charge on any atom is 0.240 e. The van der Waals surface area contributed by atoms with Crippen LogP contribution in [0.1, 0.15) is 48.8 Å². The van der Waals surface area contributed by atoms with Gasteiger partial charge in [-0.15, -0.1) is 0 Å². The highest BCUT2D eigenvalue weighted by Crippen LogP contribution is 2.37. The largest absolute Gasteiger partial charge is 0.312 e. The van der Waals surface area contributed by atoms with Crippen molar-refractivity contribution < 1.29 is 13.2 Å². The van der Waals surface area contributed by atoms with Crippen molar-refractivity contribution in [2.45, 2.75) is 56.5 Å². The summed E-state index contributed by atoms with van der Waals surface area (Å²) in [7, 11) is -3.63. The van der Waals surface area contributed by atoms with Gasteiger partial charge in [-0.25, -0.2) is 13.1 Å². The highest BCUT2D eigenvalue weighted by atomic mass is 32.2. The maximum atomic E-state index is 12.9. The van der Waals surface area contributed by atoms with Gasteiger partial charge in [0.15, 0.2) is 0 Å². The molecular weight excluding hydrogens is 422 g/mol. The molecular formula is C25H31N3O3S. The molecule has 7 heteroatoms. The molecule has 2 aliphatic heterocycles. The highest BCUT2D eigenvalue weighted by Gasteiger charge is 2.36. The number of hydrogen-bond acceptors (Lipinski definition) is 4. The van der Waals surface area contributed by atoms with Crippen molar-refractivity contribution in [3.8, 4) is 0 Å². The van der Waals surface area contributed by atoms with E-state index in [4.69, 9.17) is 0 Å². The van der Waals surface area contributed by atoms with Crippen LogP contribution in [0.3, 0.4) is 0 Å². The van der Waals surface area contributed by atoms with Gasteiger partial charge in [0.25, 0.3) is 0 Å². The zero-order valence-electron chi connectivity index (χ0n) is 18.4. The summed E-state index contributed by atoms with van der Waals surface area (Å²) in [6.45, 7) is 4.10. The Hall–Kier alpha value is -2.22. The summed E-state index contributed by atoms with van der Waals surface area (Å²) in [6.07, 6.45) is 6.48. The number of likely N-dealkylation sites (tertiary alicyclic amines) is 1.